The molecule has 0 N–H and O–H groups in total. The predicted octanol–water partition coefficient (Wildman–Crippen LogP) is 18.4. The quantitative estimate of drug-likeness (QED) is 0.133. The van der Waals surface area contributed by atoms with Gasteiger partial charge in [-0.15, -0.1) is 32.8 Å². The molecular formula is C120H78N22O4+8. The lowest BCUT2D eigenvalue weighted by Gasteiger charge is -2.24. The molecule has 0 saturated heterocycles. The van der Waals surface area contributed by atoms with Gasteiger partial charge in [0.05, 0.1) is 58.9 Å². The summed E-state index contributed by atoms with van der Waals surface area (Å²) in [5.74, 6) is 3.61. The summed E-state index contributed by atoms with van der Waals surface area (Å²) in [6.45, 7) is 4.33. The van der Waals surface area contributed by atoms with Crippen molar-refractivity contribution in [2.75, 3.05) is 0 Å². The summed E-state index contributed by atoms with van der Waals surface area (Å²) in [4.78, 5) is 6.43. The molecule has 0 bridgehead atoms. The zero-order chi connectivity index (χ0) is 95.5. The molecule has 36 rings (SSSR count). The molecule has 26 heteroatoms. The van der Waals surface area contributed by atoms with Gasteiger partial charge in [-0.2, -0.15) is 20.4 Å². The average Bonchev–Trinajstić information content (AvgIpc) is 1.51. The molecule has 4 atom stereocenters. The van der Waals surface area contributed by atoms with Crippen LogP contribution in [0.4, 0.5) is 0 Å². The van der Waals surface area contributed by atoms with Crippen LogP contribution in [-0.2, 0) is 23.1 Å². The van der Waals surface area contributed by atoms with E-state index in [-0.39, 0.29) is 0 Å². The molecule has 0 fully saturated rings. The molecule has 12 aromatic carbocycles. The first-order valence-corrected chi connectivity index (χ1v) is 48.9. The summed E-state index contributed by atoms with van der Waals surface area (Å²) in [6, 6.07) is 139. The number of fused-ring (bicyclic) bond motifs is 16. The zero-order valence-electron chi connectivity index (χ0n) is 78.0. The number of rotatable bonds is 8. The van der Waals surface area contributed by atoms with E-state index in [1.54, 1.807) is 0 Å². The summed E-state index contributed by atoms with van der Waals surface area (Å²) in [6.07, 6.45) is 11.8. The monoisotopic (exact) mass is 1890 g/mol. The first kappa shape index (κ1) is 78.8. The Balaban J connectivity index is 0.0000000851. The van der Waals surface area contributed by atoms with Gasteiger partial charge >= 0.3 is 53.0 Å². The predicted molar refractivity (Wildman–Crippen MR) is 536 cm³/mol. The molecule has 0 aliphatic carbocycles. The van der Waals surface area contributed by atoms with Crippen LogP contribution in [-0.4, -0.2) is 68.0 Å². The van der Waals surface area contributed by atoms with Gasteiger partial charge in [0.15, 0.2) is 51.4 Å². The highest BCUT2D eigenvalue weighted by Crippen LogP contribution is 2.56. The Morgan fingerprint density at radius 2 is 0.589 bits per heavy atom. The molecule has 4 spiro atoms. The van der Waals surface area contributed by atoms with E-state index in [2.05, 4.69) is 422 Å². The number of ether oxygens (including phenoxy) is 4. The van der Waals surface area contributed by atoms with Crippen LogP contribution < -0.4 is 55.9 Å². The molecule has 12 aliphatic heterocycles. The first-order chi connectivity index (χ1) is 72.2. The van der Waals surface area contributed by atoms with Crippen molar-refractivity contribution in [3.05, 3.63) is 471 Å². The van der Waals surface area contributed by atoms with E-state index in [1.807, 2.05) is 115 Å². The van der Waals surface area contributed by atoms with Crippen molar-refractivity contribution in [3.63, 3.8) is 0 Å². The third-order valence-corrected chi connectivity index (χ3v) is 30.8. The zero-order valence-corrected chi connectivity index (χ0v) is 78.0. The van der Waals surface area contributed by atoms with Gasteiger partial charge in [-0.25, -0.2) is 0 Å². The van der Waals surface area contributed by atoms with E-state index in [4.69, 9.17) is 39.3 Å². The fourth-order valence-corrected chi connectivity index (χ4v) is 25.0. The second-order valence-corrected chi connectivity index (χ2v) is 38.3. The average molecular weight is 1890 g/mol. The van der Waals surface area contributed by atoms with Crippen molar-refractivity contribution < 1.29 is 55.9 Å². The van der Waals surface area contributed by atoms with Crippen LogP contribution in [0.1, 0.15) is 33.6 Å². The smallest absolute Gasteiger partial charge is 0.404 e. The SMILES string of the molecule is Cc1cc(C)[n+]2n1-c1cccc3c1C21n2nc(-c4ccc(-c5ccccc5)cc4)cc2-c2cccc([n+]21)O3.c1ccc(-c2ccc(-c3cc4n(n3)C35c6c(cccc6-n6ccc[n+]63)Oc3cccc-4[n+]35)cc2)cc1.c1ccc(-c2ccc(-c3cc4n(n3)C35c6c(cccc6-n6cnc[n+]63)Oc3cccc-4[n+]35)cc2)cc1.c1ccc(-c2ccc(-c3cc4n(n3)C35c6c(cccc6-n6ncc[n+]63)Oc3cccc-4[n+]35)cc2)cc1. The molecular weight excluding hydrogens is 1810 g/mol. The molecule has 0 amide bonds. The maximum absolute atomic E-state index is 6.50. The lowest BCUT2D eigenvalue weighted by Crippen LogP contribution is -2.77. The Morgan fingerprint density at radius 1 is 0.267 bits per heavy atom. The molecule has 26 nitrogen and oxygen atoms in total. The van der Waals surface area contributed by atoms with Crippen molar-refractivity contribution >= 4 is 0 Å². The fourth-order valence-electron chi connectivity index (χ4n) is 25.0. The van der Waals surface area contributed by atoms with Gasteiger partial charge in [-0.05, 0) is 168 Å². The number of benzene rings is 12. The number of nitrogens with zero attached hydrogens (tertiary/aromatic N) is 22. The van der Waals surface area contributed by atoms with Crippen molar-refractivity contribution in [2.45, 2.75) is 37.0 Å². The summed E-state index contributed by atoms with van der Waals surface area (Å²) in [5.41, 5.74) is 37.1. The molecule has 684 valence electrons. The summed E-state index contributed by atoms with van der Waals surface area (Å²) in [5, 5.41) is 25.7. The number of pyridine rings is 4. The Labute approximate surface area is 831 Å². The number of hydrogen-bond donors (Lipinski definition) is 0. The van der Waals surface area contributed by atoms with Crippen LogP contribution in [0.25, 0.3) is 158 Å². The van der Waals surface area contributed by atoms with Crippen LogP contribution in [0.5, 0.6) is 46.5 Å². The highest BCUT2D eigenvalue weighted by molar-refractivity contribution is 5.79. The Morgan fingerprint density at radius 3 is 0.993 bits per heavy atom. The van der Waals surface area contributed by atoms with Crippen LogP contribution in [0, 0.1) is 13.8 Å². The number of hydrogen-bond acceptors (Lipinski definition) is 10. The van der Waals surface area contributed by atoms with E-state index < -0.39 is 23.1 Å². The second kappa shape index (κ2) is 28.4. The Hall–Kier alpha value is -20.0. The number of aromatic nitrogens is 22. The lowest BCUT2D eigenvalue weighted by molar-refractivity contribution is -1.01. The molecule has 24 heterocycles. The van der Waals surface area contributed by atoms with Crippen molar-refractivity contribution in [2.24, 2.45) is 0 Å². The van der Waals surface area contributed by atoms with E-state index >= 15 is 0 Å². The maximum atomic E-state index is 6.50. The van der Waals surface area contributed by atoms with Gasteiger partial charge in [0.2, 0.25) is 47.2 Å². The normalized spacial score (nSPS) is 17.2. The molecule has 4 unspecified atom stereocenters. The summed E-state index contributed by atoms with van der Waals surface area (Å²) in [7, 11) is 0. The fraction of sp³-hybridized carbons (Fsp3) is 0.0500. The van der Waals surface area contributed by atoms with Crippen LogP contribution in [0.2, 0.25) is 0 Å². The minimum absolute atomic E-state index is 0.697. The Bertz CT molecular complexity index is 9150. The molecule has 12 aliphatic rings. The maximum Gasteiger partial charge on any atom is 0.527 e. The molecule has 0 radical (unpaired) electrons. The van der Waals surface area contributed by atoms with Crippen LogP contribution in [0.15, 0.2) is 438 Å². The molecule has 0 saturated carbocycles. The third-order valence-electron chi connectivity index (χ3n) is 30.8. The molecule has 146 heavy (non-hydrogen) atoms. The third kappa shape index (κ3) is 9.96. The minimum Gasteiger partial charge on any atom is -0.404 e. The van der Waals surface area contributed by atoms with Gasteiger partial charge in [0.25, 0.3) is 0 Å². The second-order valence-electron chi connectivity index (χ2n) is 38.3. The van der Waals surface area contributed by atoms with Crippen molar-refractivity contribution in [3.8, 4) is 204 Å². The summed E-state index contributed by atoms with van der Waals surface area (Å²) < 4.78 is 58.9. The van der Waals surface area contributed by atoms with Gasteiger partial charge in [0, 0.05) is 70.7 Å². The number of aryl methyl sites for hydroxylation is 2. The van der Waals surface area contributed by atoms with E-state index in [1.165, 1.54) is 50.2 Å². The van der Waals surface area contributed by atoms with Crippen LogP contribution >= 0.6 is 0 Å². The standard InChI is InChI=1S/C32H23N5O.C30H19N5O.2C29H18N6O/c1-20-18-21(2)37-32-31-27(35(20)37)11-6-12-29(31)38-30-13-7-10-26(34(30)32)28-19-25(33-36(28)32)24-16-14-23(15-17-24)22-8-4-3-5-9-22;1-2-7-20(8-3-1)21-13-15-22(16-14-21)23-19-26-24-9-5-12-28-34(24)30(35(26)31-23)29-25(10-4-11-27(29)36-28)32-17-6-18-33(30)32;1-2-6-19(7-3-1)20-12-14-21(15-13-20)22-16-25-23-8-5-11-27-34(23)29(35(25)31-22)28-24(9-4-10-26(28)36-27)32-17-30-18-33(29)32;1-2-6-19(7-3-1)20-12-14-21(15-13-20)22-18-25-23-8-5-11-27-33(23)29(34(25)31-22)28-24(9-4-10-26(28)36-27)35-30-16-17-32(29)35/h3-19H,1-2H3;1-19H;2*1-18H/q4*+2. The topological polar surface area (TPSA) is 185 Å². The first-order valence-electron chi connectivity index (χ1n) is 48.9. The van der Waals surface area contributed by atoms with E-state index in [0.29, 0.717) is 0 Å². The van der Waals surface area contributed by atoms with Crippen LogP contribution in [0.3, 0.4) is 0 Å². The van der Waals surface area contributed by atoms with Gasteiger partial charge in [-0.1, -0.05) is 270 Å². The Kier molecular flexibility index (Phi) is 15.3. The van der Waals surface area contributed by atoms with E-state index in [0.717, 1.165) is 188 Å². The van der Waals surface area contributed by atoms with Gasteiger partial charge < -0.3 is 18.9 Å². The highest BCUT2D eigenvalue weighted by Gasteiger charge is 2.78. The van der Waals surface area contributed by atoms with E-state index in [9.17, 15) is 0 Å². The van der Waals surface area contributed by atoms with Gasteiger partial charge in [0.1, 0.15) is 45.5 Å². The largest absolute Gasteiger partial charge is 0.527 e. The lowest BCUT2D eigenvalue weighted by atomic mass is 10.0. The van der Waals surface area contributed by atoms with Crippen molar-refractivity contribution in [1.82, 2.24) is 68.0 Å². The molecule has 12 aromatic heterocycles. The highest BCUT2D eigenvalue weighted by atomic mass is 16.5. The van der Waals surface area contributed by atoms with Gasteiger partial charge in [-0.3, -0.25) is 0 Å². The minimum atomic E-state index is -0.760. The summed E-state index contributed by atoms with van der Waals surface area (Å²) >= 11 is 0. The molecule has 24 aromatic rings. The van der Waals surface area contributed by atoms with Crippen molar-refractivity contribution in [1.29, 1.82) is 0 Å².